The summed E-state index contributed by atoms with van der Waals surface area (Å²) in [5, 5.41) is 9.87. The summed E-state index contributed by atoms with van der Waals surface area (Å²) in [6.07, 6.45) is 0.783. The normalized spacial score (nSPS) is 16.9. The lowest BCUT2D eigenvalue weighted by Crippen LogP contribution is -2.34. The van der Waals surface area contributed by atoms with E-state index < -0.39 is 11.9 Å². The number of hydrogen-bond acceptors (Lipinski definition) is 5. The fraction of sp³-hybridized carbons (Fsp3) is 0.154. The number of carbonyl (C=O) groups is 1. The van der Waals surface area contributed by atoms with Crippen molar-refractivity contribution in [3.8, 4) is 17.4 Å². The summed E-state index contributed by atoms with van der Waals surface area (Å²) in [6, 6.07) is 5.92. The molecule has 0 saturated carbocycles. The number of nitrogens with one attached hydrogen (secondary N) is 1. The summed E-state index contributed by atoms with van der Waals surface area (Å²) < 4.78 is 24.5. The first-order valence-corrected chi connectivity index (χ1v) is 5.91. The summed E-state index contributed by atoms with van der Waals surface area (Å²) in [7, 11) is 0. The number of halogens is 1. The molecule has 1 aliphatic heterocycles. The first kappa shape index (κ1) is 12.3. The highest BCUT2D eigenvalue weighted by Gasteiger charge is 2.28. The highest BCUT2D eigenvalue weighted by Crippen LogP contribution is 2.37. The molecule has 3 rings (SSSR count). The van der Waals surface area contributed by atoms with Crippen molar-refractivity contribution in [2.45, 2.75) is 13.0 Å². The zero-order chi connectivity index (χ0) is 14.1. The molecule has 0 radical (unpaired) electrons. The van der Waals surface area contributed by atoms with Gasteiger partial charge >= 0.3 is 6.09 Å². The van der Waals surface area contributed by atoms with Crippen LogP contribution < -0.4 is 14.8 Å². The van der Waals surface area contributed by atoms with Gasteiger partial charge in [0.1, 0.15) is 0 Å². The molecule has 6 nitrogen and oxygen atoms in total. The van der Waals surface area contributed by atoms with Gasteiger partial charge in [0.25, 0.3) is 0 Å². The standard InChI is InChI=1S/C13H10FN3O3/c1-7-8-4-5-9(19-10-3-2-6-15-17-10)11(14)12(8)20-13(18)16-7/h2-7H,1H3,(H,16,18). The molecule has 20 heavy (non-hydrogen) atoms. The average Bonchev–Trinajstić information content (AvgIpc) is 2.43. The zero-order valence-corrected chi connectivity index (χ0v) is 10.5. The fourth-order valence-electron chi connectivity index (χ4n) is 1.91. The number of nitrogens with zero attached hydrogens (tertiary/aromatic N) is 2. The van der Waals surface area contributed by atoms with Gasteiger partial charge < -0.3 is 14.8 Å². The Balaban J connectivity index is 1.98. The molecule has 102 valence electrons. The third-order valence-corrected chi connectivity index (χ3v) is 2.85. The Hall–Kier alpha value is -2.70. The minimum Gasteiger partial charge on any atom is -0.434 e. The van der Waals surface area contributed by atoms with Crippen molar-refractivity contribution in [1.29, 1.82) is 0 Å². The van der Waals surface area contributed by atoms with Crippen LogP contribution in [0.1, 0.15) is 18.5 Å². The van der Waals surface area contributed by atoms with Gasteiger partial charge in [-0.2, -0.15) is 9.49 Å². The highest BCUT2D eigenvalue weighted by molar-refractivity contribution is 5.74. The lowest BCUT2D eigenvalue weighted by atomic mass is 10.1. The van der Waals surface area contributed by atoms with E-state index in [1.165, 1.54) is 12.3 Å². The molecule has 0 spiro atoms. The Morgan fingerprint density at radius 2 is 2.25 bits per heavy atom. The molecule has 1 aromatic carbocycles. The Morgan fingerprint density at radius 1 is 1.40 bits per heavy atom. The number of benzene rings is 1. The number of ether oxygens (including phenoxy) is 2. The van der Waals surface area contributed by atoms with E-state index in [9.17, 15) is 9.18 Å². The average molecular weight is 275 g/mol. The Labute approximate surface area is 113 Å². The topological polar surface area (TPSA) is 73.3 Å². The van der Waals surface area contributed by atoms with E-state index in [0.717, 1.165) is 0 Å². The van der Waals surface area contributed by atoms with Gasteiger partial charge in [0.15, 0.2) is 11.5 Å². The quantitative estimate of drug-likeness (QED) is 0.911. The van der Waals surface area contributed by atoms with Gasteiger partial charge in [0, 0.05) is 17.8 Å². The second kappa shape index (κ2) is 4.76. The van der Waals surface area contributed by atoms with Crippen molar-refractivity contribution in [2.24, 2.45) is 0 Å². The van der Waals surface area contributed by atoms with Gasteiger partial charge in [0.05, 0.1) is 6.04 Å². The molecule has 0 fully saturated rings. The fourth-order valence-corrected chi connectivity index (χ4v) is 1.91. The van der Waals surface area contributed by atoms with Crippen LogP contribution in [0.15, 0.2) is 30.5 Å². The molecule has 1 atom stereocenters. The highest BCUT2D eigenvalue weighted by atomic mass is 19.1. The molecule has 2 aromatic rings. The second-order valence-electron chi connectivity index (χ2n) is 4.22. The van der Waals surface area contributed by atoms with Gasteiger partial charge in [-0.15, -0.1) is 5.10 Å². The van der Waals surface area contributed by atoms with Crippen LogP contribution in [0, 0.1) is 5.82 Å². The summed E-state index contributed by atoms with van der Waals surface area (Å²) in [4.78, 5) is 11.3. The van der Waals surface area contributed by atoms with Crippen molar-refractivity contribution in [3.63, 3.8) is 0 Å². The first-order valence-electron chi connectivity index (χ1n) is 5.91. The van der Waals surface area contributed by atoms with E-state index in [4.69, 9.17) is 9.47 Å². The zero-order valence-electron chi connectivity index (χ0n) is 10.5. The van der Waals surface area contributed by atoms with Crippen LogP contribution in [-0.2, 0) is 0 Å². The van der Waals surface area contributed by atoms with Crippen molar-refractivity contribution >= 4 is 6.09 Å². The Bertz CT molecular complexity index is 663. The number of amides is 1. The number of aromatic nitrogens is 2. The lowest BCUT2D eigenvalue weighted by Gasteiger charge is -2.23. The lowest BCUT2D eigenvalue weighted by molar-refractivity contribution is 0.186. The van der Waals surface area contributed by atoms with Crippen LogP contribution in [0.2, 0.25) is 0 Å². The largest absolute Gasteiger partial charge is 0.434 e. The van der Waals surface area contributed by atoms with Crippen molar-refractivity contribution in [3.05, 3.63) is 41.8 Å². The monoisotopic (exact) mass is 275 g/mol. The minimum atomic E-state index is -0.741. The van der Waals surface area contributed by atoms with E-state index in [0.29, 0.717) is 5.56 Å². The van der Waals surface area contributed by atoms with Crippen molar-refractivity contribution < 1.29 is 18.7 Å². The van der Waals surface area contributed by atoms with Gasteiger partial charge in [-0.25, -0.2) is 4.79 Å². The maximum Gasteiger partial charge on any atom is 0.413 e. The molecule has 1 N–H and O–H groups in total. The SMILES string of the molecule is CC1NC(=O)Oc2c1ccc(Oc1cccnn1)c2F. The molecule has 1 aliphatic rings. The van der Waals surface area contributed by atoms with E-state index in [1.807, 2.05) is 0 Å². The van der Waals surface area contributed by atoms with Crippen LogP contribution in [-0.4, -0.2) is 16.3 Å². The van der Waals surface area contributed by atoms with Gasteiger partial charge in [-0.3, -0.25) is 0 Å². The maximum atomic E-state index is 14.3. The third-order valence-electron chi connectivity index (χ3n) is 2.85. The number of hydrogen-bond donors (Lipinski definition) is 1. The van der Waals surface area contributed by atoms with Gasteiger partial charge in [-0.05, 0) is 25.1 Å². The summed E-state index contributed by atoms with van der Waals surface area (Å²) >= 11 is 0. The summed E-state index contributed by atoms with van der Waals surface area (Å²) in [5.74, 6) is -0.789. The van der Waals surface area contributed by atoms with Gasteiger partial charge in [-0.1, -0.05) is 0 Å². The summed E-state index contributed by atoms with van der Waals surface area (Å²) in [5.41, 5.74) is 0.550. The molecule has 1 amide bonds. The molecular weight excluding hydrogens is 265 g/mol. The van der Waals surface area contributed by atoms with Crippen LogP contribution in [0.25, 0.3) is 0 Å². The van der Waals surface area contributed by atoms with E-state index in [-0.39, 0.29) is 23.4 Å². The number of carbonyl (C=O) groups excluding carboxylic acids is 1. The predicted octanol–water partition coefficient (Wildman–Crippen LogP) is 2.57. The molecule has 7 heteroatoms. The molecule has 1 unspecified atom stereocenters. The molecule has 0 bridgehead atoms. The second-order valence-corrected chi connectivity index (χ2v) is 4.22. The van der Waals surface area contributed by atoms with Crippen LogP contribution >= 0.6 is 0 Å². The van der Waals surface area contributed by atoms with Gasteiger partial charge in [0.2, 0.25) is 11.7 Å². The minimum absolute atomic E-state index is 0.0776. The number of fused-ring (bicyclic) bond motifs is 1. The maximum absolute atomic E-state index is 14.3. The van der Waals surface area contributed by atoms with Crippen LogP contribution in [0.4, 0.5) is 9.18 Å². The molecule has 0 aliphatic carbocycles. The molecule has 2 heterocycles. The van der Waals surface area contributed by atoms with Crippen LogP contribution in [0.3, 0.4) is 0 Å². The summed E-state index contributed by atoms with van der Waals surface area (Å²) in [6.45, 7) is 1.74. The number of rotatable bonds is 2. The third kappa shape index (κ3) is 2.13. The predicted molar refractivity (Wildman–Crippen MR) is 66.1 cm³/mol. The molecule has 0 saturated heterocycles. The Morgan fingerprint density at radius 3 is 3.00 bits per heavy atom. The van der Waals surface area contributed by atoms with E-state index in [1.54, 1.807) is 25.1 Å². The first-order chi connectivity index (χ1) is 9.65. The Kier molecular flexibility index (Phi) is 2.94. The smallest absolute Gasteiger partial charge is 0.413 e. The van der Waals surface area contributed by atoms with E-state index in [2.05, 4.69) is 15.5 Å². The van der Waals surface area contributed by atoms with Crippen LogP contribution in [0.5, 0.6) is 17.4 Å². The van der Waals surface area contributed by atoms with Crippen molar-refractivity contribution in [1.82, 2.24) is 15.5 Å². The molecule has 1 aromatic heterocycles. The molecular formula is C13H10FN3O3. The van der Waals surface area contributed by atoms with Crippen molar-refractivity contribution in [2.75, 3.05) is 0 Å². The van der Waals surface area contributed by atoms with E-state index >= 15 is 0 Å².